The van der Waals surface area contributed by atoms with Crippen LogP contribution in [0.1, 0.15) is 43.2 Å². The van der Waals surface area contributed by atoms with Crippen molar-refractivity contribution >= 4 is 17.5 Å². The average molecular weight is 347 g/mol. The standard InChI is InChI=1S/C23H25NO2/c1-13-8-9-16(12-14(13)2)24-22(25)20-17-10-11-18(21(20)23(24)26)19(17)15-6-4-3-5-7-15/h8-12,17-18,20-21H,3-7H2,1-2H3/t17?,18?,20-,21?/m0/s1. The number of aryl methyl sites for hydroxylation is 2. The molecule has 0 radical (unpaired) electrons. The van der Waals surface area contributed by atoms with Crippen LogP contribution in [0, 0.1) is 37.5 Å². The Morgan fingerprint density at radius 2 is 1.46 bits per heavy atom. The monoisotopic (exact) mass is 347 g/mol. The number of nitrogens with zero attached hydrogens (tertiary/aromatic N) is 1. The number of benzene rings is 1. The van der Waals surface area contributed by atoms with Crippen molar-refractivity contribution in [2.45, 2.75) is 46.0 Å². The van der Waals surface area contributed by atoms with Crippen LogP contribution in [-0.2, 0) is 9.59 Å². The minimum atomic E-state index is -0.177. The number of imide groups is 1. The molecule has 1 aliphatic heterocycles. The molecule has 3 nitrogen and oxygen atoms in total. The summed E-state index contributed by atoms with van der Waals surface area (Å²) in [6, 6.07) is 5.89. The van der Waals surface area contributed by atoms with E-state index in [2.05, 4.69) is 12.2 Å². The molecule has 134 valence electrons. The molecule has 2 amide bonds. The minimum absolute atomic E-state index is 0.00834. The van der Waals surface area contributed by atoms with Crippen LogP contribution in [0.4, 0.5) is 5.69 Å². The summed E-state index contributed by atoms with van der Waals surface area (Å²) >= 11 is 0. The molecule has 1 aromatic carbocycles. The van der Waals surface area contributed by atoms with Gasteiger partial charge in [0.15, 0.2) is 0 Å². The average Bonchev–Trinajstić information content (AvgIpc) is 3.28. The lowest BCUT2D eigenvalue weighted by Crippen LogP contribution is -2.33. The third-order valence-corrected chi connectivity index (χ3v) is 7.03. The number of allylic oxidation sites excluding steroid dienone is 4. The van der Waals surface area contributed by atoms with Crippen molar-refractivity contribution in [1.82, 2.24) is 0 Å². The highest BCUT2D eigenvalue weighted by molar-refractivity contribution is 6.23. The summed E-state index contributed by atoms with van der Waals surface area (Å²) in [6.07, 6.45) is 10.6. The molecule has 3 aliphatic carbocycles. The van der Waals surface area contributed by atoms with Gasteiger partial charge in [-0.1, -0.05) is 35.8 Å². The maximum absolute atomic E-state index is 13.3. The SMILES string of the molecule is Cc1ccc(N2C(=O)C3C4C=CC(C4=C4CCCCC4)[C@@H]3C2=O)cc1C. The van der Waals surface area contributed by atoms with Crippen LogP contribution >= 0.6 is 0 Å². The van der Waals surface area contributed by atoms with E-state index in [0.29, 0.717) is 0 Å². The van der Waals surface area contributed by atoms with Gasteiger partial charge in [0.25, 0.3) is 0 Å². The van der Waals surface area contributed by atoms with Gasteiger partial charge in [-0.3, -0.25) is 9.59 Å². The molecule has 26 heavy (non-hydrogen) atoms. The van der Waals surface area contributed by atoms with Gasteiger partial charge in [-0.15, -0.1) is 0 Å². The fourth-order valence-electron chi connectivity index (χ4n) is 5.62. The zero-order chi connectivity index (χ0) is 18.0. The van der Waals surface area contributed by atoms with Crippen molar-refractivity contribution in [1.29, 1.82) is 0 Å². The molecule has 1 aromatic rings. The van der Waals surface area contributed by atoms with Crippen LogP contribution in [0.2, 0.25) is 0 Å². The summed E-state index contributed by atoms with van der Waals surface area (Å²) in [5.41, 5.74) is 6.01. The molecular formula is C23H25NO2. The van der Waals surface area contributed by atoms with Crippen LogP contribution in [-0.4, -0.2) is 11.8 Å². The smallest absolute Gasteiger partial charge is 0.238 e. The first-order chi connectivity index (χ1) is 12.6. The predicted molar refractivity (Wildman–Crippen MR) is 102 cm³/mol. The lowest BCUT2D eigenvalue weighted by molar-refractivity contribution is -0.122. The Kier molecular flexibility index (Phi) is 3.50. The third kappa shape index (κ3) is 2.06. The number of anilines is 1. The molecule has 5 rings (SSSR count). The Morgan fingerprint density at radius 3 is 2.04 bits per heavy atom. The summed E-state index contributed by atoms with van der Waals surface area (Å²) in [7, 11) is 0. The quantitative estimate of drug-likeness (QED) is 0.555. The van der Waals surface area contributed by atoms with Gasteiger partial charge in [0.1, 0.15) is 0 Å². The van der Waals surface area contributed by atoms with Gasteiger partial charge < -0.3 is 0 Å². The first-order valence-corrected chi connectivity index (χ1v) is 9.93. The number of hydrogen-bond donors (Lipinski definition) is 0. The molecule has 4 aliphatic rings. The highest BCUT2D eigenvalue weighted by Gasteiger charge is 2.62. The minimum Gasteiger partial charge on any atom is -0.274 e. The van der Waals surface area contributed by atoms with Gasteiger partial charge in [0.2, 0.25) is 11.8 Å². The number of hydrogen-bond acceptors (Lipinski definition) is 2. The fraction of sp³-hybridized carbons (Fsp3) is 0.478. The van der Waals surface area contributed by atoms with Gasteiger partial charge in [-0.25, -0.2) is 4.90 Å². The Hall–Kier alpha value is -2.16. The molecule has 3 unspecified atom stereocenters. The van der Waals surface area contributed by atoms with E-state index in [1.165, 1.54) is 35.3 Å². The third-order valence-electron chi connectivity index (χ3n) is 7.03. The van der Waals surface area contributed by atoms with E-state index >= 15 is 0 Å². The van der Waals surface area contributed by atoms with Gasteiger partial charge in [0, 0.05) is 11.8 Å². The van der Waals surface area contributed by atoms with Gasteiger partial charge >= 0.3 is 0 Å². The van der Waals surface area contributed by atoms with Crippen LogP contribution < -0.4 is 4.90 Å². The summed E-state index contributed by atoms with van der Waals surface area (Å²) in [5, 5.41) is 0. The lowest BCUT2D eigenvalue weighted by atomic mass is 9.85. The molecular weight excluding hydrogens is 322 g/mol. The second-order valence-corrected chi connectivity index (χ2v) is 8.39. The van der Waals surface area contributed by atoms with Crippen LogP contribution in [0.5, 0.6) is 0 Å². The summed E-state index contributed by atoms with van der Waals surface area (Å²) in [4.78, 5) is 28.0. The Bertz CT molecular complexity index is 836. The molecule has 1 heterocycles. The maximum atomic E-state index is 13.3. The van der Waals surface area contributed by atoms with Gasteiger partial charge in [0.05, 0.1) is 17.5 Å². The van der Waals surface area contributed by atoms with E-state index < -0.39 is 0 Å². The molecule has 3 fully saturated rings. The topological polar surface area (TPSA) is 37.4 Å². The first-order valence-electron chi connectivity index (χ1n) is 9.93. The van der Waals surface area contributed by atoms with Crippen molar-refractivity contribution < 1.29 is 9.59 Å². The van der Waals surface area contributed by atoms with Crippen molar-refractivity contribution in [3.8, 4) is 0 Å². The van der Waals surface area contributed by atoms with Crippen molar-refractivity contribution in [2.75, 3.05) is 4.90 Å². The Morgan fingerprint density at radius 1 is 0.846 bits per heavy atom. The van der Waals surface area contributed by atoms with Crippen molar-refractivity contribution in [3.63, 3.8) is 0 Å². The molecule has 2 bridgehead atoms. The molecule has 2 saturated carbocycles. The lowest BCUT2D eigenvalue weighted by Gasteiger charge is -2.23. The molecule has 0 N–H and O–H groups in total. The maximum Gasteiger partial charge on any atom is 0.238 e. The zero-order valence-corrected chi connectivity index (χ0v) is 15.5. The largest absolute Gasteiger partial charge is 0.274 e. The van der Waals surface area contributed by atoms with Crippen molar-refractivity contribution in [3.05, 3.63) is 52.6 Å². The van der Waals surface area contributed by atoms with E-state index in [0.717, 1.165) is 24.1 Å². The Labute approximate surface area is 154 Å². The summed E-state index contributed by atoms with van der Waals surface area (Å²) in [5.74, 6) is -0.0210. The molecule has 0 aromatic heterocycles. The molecule has 1 saturated heterocycles. The first kappa shape index (κ1) is 16.0. The van der Waals surface area contributed by atoms with E-state index in [4.69, 9.17) is 0 Å². The van der Waals surface area contributed by atoms with E-state index in [-0.39, 0.29) is 35.5 Å². The number of rotatable bonds is 1. The van der Waals surface area contributed by atoms with Crippen molar-refractivity contribution in [2.24, 2.45) is 23.7 Å². The molecule has 4 atom stereocenters. The normalized spacial score (nSPS) is 32.8. The summed E-state index contributed by atoms with van der Waals surface area (Å²) in [6.45, 7) is 4.08. The molecule has 3 heteroatoms. The number of amides is 2. The highest BCUT2D eigenvalue weighted by Crippen LogP contribution is 2.58. The van der Waals surface area contributed by atoms with E-state index in [1.54, 1.807) is 5.57 Å². The number of carbonyl (C=O) groups is 2. The summed E-state index contributed by atoms with van der Waals surface area (Å²) < 4.78 is 0. The Balaban J connectivity index is 1.53. The zero-order valence-electron chi connectivity index (χ0n) is 15.5. The van der Waals surface area contributed by atoms with Crippen LogP contribution in [0.3, 0.4) is 0 Å². The number of carbonyl (C=O) groups excluding carboxylic acids is 2. The predicted octanol–water partition coefficient (Wildman–Crippen LogP) is 4.49. The fourth-order valence-corrected chi connectivity index (χ4v) is 5.62. The molecule has 0 spiro atoms. The second-order valence-electron chi connectivity index (χ2n) is 8.39. The van der Waals surface area contributed by atoms with Crippen LogP contribution in [0.15, 0.2) is 41.5 Å². The number of fused-ring (bicyclic) bond motifs is 5. The van der Waals surface area contributed by atoms with Crippen LogP contribution in [0.25, 0.3) is 0 Å². The van der Waals surface area contributed by atoms with Gasteiger partial charge in [-0.05, 0) is 62.8 Å². The van der Waals surface area contributed by atoms with E-state index in [9.17, 15) is 9.59 Å². The second kappa shape index (κ2) is 5.67. The van der Waals surface area contributed by atoms with E-state index in [1.807, 2.05) is 32.0 Å². The highest BCUT2D eigenvalue weighted by atomic mass is 16.2. The van der Waals surface area contributed by atoms with Gasteiger partial charge in [-0.2, -0.15) is 0 Å².